The SMILES string of the molecule is COc1ccc(NC(=O)COCCOCCNC(=O)CCO[C@@H]2CCC3C4CCc5cc(OP(=O)(OC(C)C)OC(C)C)ccc5C4CCC32C)c(O)c1C(N)=O. The predicted octanol–water partition coefficient (Wildman–Crippen LogP) is 6.26. The highest BCUT2D eigenvalue weighted by molar-refractivity contribution is 7.49. The summed E-state index contributed by atoms with van der Waals surface area (Å²) in [6, 6.07) is 8.85. The first-order valence-electron chi connectivity index (χ1n) is 20.0. The second-order valence-corrected chi connectivity index (χ2v) is 17.3. The quantitative estimate of drug-likeness (QED) is 0.0627. The van der Waals surface area contributed by atoms with E-state index < -0.39 is 25.4 Å². The van der Waals surface area contributed by atoms with Crippen LogP contribution in [-0.2, 0) is 43.8 Å². The van der Waals surface area contributed by atoms with Crippen molar-refractivity contribution in [3.8, 4) is 17.2 Å². The van der Waals surface area contributed by atoms with Gasteiger partial charge in [-0.2, -0.15) is 0 Å². The zero-order valence-electron chi connectivity index (χ0n) is 34.0. The topological polar surface area (TPSA) is 203 Å². The lowest BCUT2D eigenvalue weighted by atomic mass is 9.55. The van der Waals surface area contributed by atoms with Crippen LogP contribution in [0.2, 0.25) is 0 Å². The van der Waals surface area contributed by atoms with Crippen LogP contribution in [0.5, 0.6) is 17.2 Å². The summed E-state index contributed by atoms with van der Waals surface area (Å²) < 4.78 is 52.7. The Balaban J connectivity index is 0.975. The Morgan fingerprint density at radius 1 is 0.947 bits per heavy atom. The van der Waals surface area contributed by atoms with Crippen molar-refractivity contribution in [2.45, 2.75) is 104 Å². The van der Waals surface area contributed by atoms with E-state index in [0.717, 1.165) is 38.5 Å². The number of rotatable bonds is 21. The maximum absolute atomic E-state index is 13.4. The van der Waals surface area contributed by atoms with Gasteiger partial charge >= 0.3 is 7.82 Å². The summed E-state index contributed by atoms with van der Waals surface area (Å²) in [5, 5.41) is 15.6. The molecular weight excluding hydrogens is 757 g/mol. The summed E-state index contributed by atoms with van der Waals surface area (Å²) >= 11 is 0. The summed E-state index contributed by atoms with van der Waals surface area (Å²) in [4.78, 5) is 36.4. The van der Waals surface area contributed by atoms with E-state index in [2.05, 4.69) is 23.6 Å². The van der Waals surface area contributed by atoms with E-state index in [1.54, 1.807) is 27.7 Å². The van der Waals surface area contributed by atoms with Crippen molar-refractivity contribution < 1.29 is 56.6 Å². The van der Waals surface area contributed by atoms with Crippen molar-refractivity contribution in [3.63, 3.8) is 0 Å². The first-order valence-corrected chi connectivity index (χ1v) is 21.4. The van der Waals surface area contributed by atoms with Gasteiger partial charge in [-0.3, -0.25) is 23.4 Å². The molecule has 4 unspecified atom stereocenters. The van der Waals surface area contributed by atoms with E-state index >= 15 is 0 Å². The average Bonchev–Trinajstić information content (AvgIpc) is 3.48. The molecule has 0 aromatic heterocycles. The van der Waals surface area contributed by atoms with Gasteiger partial charge in [-0.05, 0) is 125 Å². The van der Waals surface area contributed by atoms with Gasteiger partial charge in [0.05, 0.1) is 57.5 Å². The summed E-state index contributed by atoms with van der Waals surface area (Å²) in [5.41, 5.74) is 7.74. The van der Waals surface area contributed by atoms with Crippen LogP contribution in [0.1, 0.15) is 101 Å². The van der Waals surface area contributed by atoms with E-state index in [-0.39, 0.29) is 79.5 Å². The summed E-state index contributed by atoms with van der Waals surface area (Å²) in [6.45, 7) is 10.6. The molecule has 316 valence electrons. The van der Waals surface area contributed by atoms with Crippen LogP contribution < -0.4 is 25.6 Å². The number of aryl methyl sites for hydroxylation is 1. The minimum Gasteiger partial charge on any atom is -0.505 e. The number of phenols is 1. The maximum Gasteiger partial charge on any atom is 0.530 e. The number of benzene rings is 2. The lowest BCUT2D eigenvalue weighted by molar-refractivity contribution is -0.124. The minimum absolute atomic E-state index is 0.00000208. The van der Waals surface area contributed by atoms with Crippen molar-refractivity contribution in [3.05, 3.63) is 47.0 Å². The molecule has 2 fully saturated rings. The lowest BCUT2D eigenvalue weighted by Crippen LogP contribution is -2.45. The first-order chi connectivity index (χ1) is 27.1. The third-order valence-corrected chi connectivity index (χ3v) is 13.0. The molecule has 0 heterocycles. The summed E-state index contributed by atoms with van der Waals surface area (Å²) in [6.07, 6.45) is 6.01. The first kappa shape index (κ1) is 44.4. The summed E-state index contributed by atoms with van der Waals surface area (Å²) in [5.74, 6) is 0.128. The molecule has 3 amide bonds. The van der Waals surface area contributed by atoms with Crippen molar-refractivity contribution >= 4 is 31.2 Å². The molecule has 5 atom stereocenters. The van der Waals surface area contributed by atoms with Crippen molar-refractivity contribution in [2.24, 2.45) is 23.0 Å². The molecule has 57 heavy (non-hydrogen) atoms. The lowest BCUT2D eigenvalue weighted by Gasteiger charge is -2.50. The van der Waals surface area contributed by atoms with E-state index in [1.807, 2.05) is 12.1 Å². The van der Waals surface area contributed by atoms with Crippen LogP contribution >= 0.6 is 7.82 Å². The molecule has 16 heteroatoms. The number of anilines is 1. The molecule has 2 saturated carbocycles. The molecule has 0 aliphatic heterocycles. The number of primary amides is 1. The molecule has 0 saturated heterocycles. The number of ether oxygens (including phenoxy) is 4. The summed E-state index contributed by atoms with van der Waals surface area (Å²) in [7, 11) is -2.44. The van der Waals surface area contributed by atoms with Gasteiger partial charge in [0.1, 0.15) is 23.7 Å². The number of nitrogens with two attached hydrogens (primary N) is 1. The number of carbonyl (C=O) groups excluding carboxylic acids is 3. The standard InChI is InChI=1S/C41H60N3O12P/c1-25(2)54-57(49,55-26(3)4)56-28-8-10-29-27(23-28)7-9-31-30(29)15-17-41(5)32(31)11-14-35(41)53-19-16-36(45)43-18-20-51-21-22-52-24-37(46)44-33-12-13-34(50-6)38(39(33)47)40(42)48/h8,10,12-13,23,25-26,30-32,35,47H,7,9,11,14-22,24H2,1-6H3,(H2,42,48)(H,43,45)(H,44,46)/t30?,31?,32?,35-,41?/m1/s1. The molecule has 5 rings (SSSR count). The van der Waals surface area contributed by atoms with Gasteiger partial charge in [-0.1, -0.05) is 13.0 Å². The van der Waals surface area contributed by atoms with Crippen LogP contribution in [0.3, 0.4) is 0 Å². The van der Waals surface area contributed by atoms with Crippen LogP contribution in [0.4, 0.5) is 5.69 Å². The second-order valence-electron chi connectivity index (χ2n) is 15.8. The Hall–Kier alpha value is -3.72. The number of amides is 3. The van der Waals surface area contributed by atoms with E-state index in [1.165, 1.54) is 30.4 Å². The normalized spacial score (nSPS) is 22.7. The highest BCUT2D eigenvalue weighted by Gasteiger charge is 2.55. The van der Waals surface area contributed by atoms with Crippen LogP contribution in [0, 0.1) is 17.3 Å². The number of phosphoric ester groups is 1. The van der Waals surface area contributed by atoms with Crippen molar-refractivity contribution in [1.82, 2.24) is 5.32 Å². The number of phosphoric acid groups is 1. The molecule has 0 radical (unpaired) electrons. The van der Waals surface area contributed by atoms with Gasteiger partial charge in [0.25, 0.3) is 5.91 Å². The van der Waals surface area contributed by atoms with Crippen LogP contribution in [-0.4, -0.2) is 87.8 Å². The van der Waals surface area contributed by atoms with E-state index in [0.29, 0.717) is 36.7 Å². The molecule has 15 nitrogen and oxygen atoms in total. The minimum atomic E-state index is -3.77. The molecule has 0 bridgehead atoms. The van der Waals surface area contributed by atoms with E-state index in [9.17, 15) is 24.1 Å². The van der Waals surface area contributed by atoms with Gasteiger partial charge in [-0.15, -0.1) is 0 Å². The molecule has 5 N–H and O–H groups in total. The maximum atomic E-state index is 13.4. The predicted molar refractivity (Wildman–Crippen MR) is 213 cm³/mol. The molecular formula is C41H60N3O12P. The number of carbonyl (C=O) groups is 3. The third-order valence-electron chi connectivity index (χ3n) is 11.2. The van der Waals surface area contributed by atoms with Crippen LogP contribution in [0.15, 0.2) is 30.3 Å². The highest BCUT2D eigenvalue weighted by atomic mass is 31.2. The van der Waals surface area contributed by atoms with Gasteiger partial charge in [-0.25, -0.2) is 4.57 Å². The number of hydrogen-bond donors (Lipinski definition) is 4. The van der Waals surface area contributed by atoms with Crippen LogP contribution in [0.25, 0.3) is 0 Å². The Bertz CT molecular complexity index is 1760. The van der Waals surface area contributed by atoms with Gasteiger partial charge < -0.3 is 44.9 Å². The fourth-order valence-corrected chi connectivity index (χ4v) is 10.4. The van der Waals surface area contributed by atoms with Gasteiger partial charge in [0.2, 0.25) is 11.8 Å². The Labute approximate surface area is 335 Å². The second kappa shape index (κ2) is 19.8. The molecule has 0 spiro atoms. The molecule has 2 aromatic rings. The fourth-order valence-electron chi connectivity index (χ4n) is 8.85. The molecule has 2 aromatic carbocycles. The number of fused-ring (bicyclic) bond motifs is 5. The third kappa shape index (κ3) is 11.3. The Morgan fingerprint density at radius 2 is 1.68 bits per heavy atom. The molecule has 3 aliphatic rings. The van der Waals surface area contributed by atoms with E-state index in [4.69, 9.17) is 38.3 Å². The smallest absolute Gasteiger partial charge is 0.505 e. The number of hydrogen-bond acceptors (Lipinski definition) is 12. The Kier molecular flexibility index (Phi) is 15.4. The largest absolute Gasteiger partial charge is 0.530 e. The zero-order valence-corrected chi connectivity index (χ0v) is 34.9. The monoisotopic (exact) mass is 817 g/mol. The van der Waals surface area contributed by atoms with Gasteiger partial charge in [0, 0.05) is 13.0 Å². The fraction of sp³-hybridized carbons (Fsp3) is 0.634. The number of nitrogens with one attached hydrogen (secondary N) is 2. The van der Waals surface area contributed by atoms with Crippen molar-refractivity contribution in [1.29, 1.82) is 0 Å². The van der Waals surface area contributed by atoms with Gasteiger partial charge in [0.15, 0.2) is 5.75 Å². The number of aromatic hydroxyl groups is 1. The highest BCUT2D eigenvalue weighted by Crippen LogP contribution is 2.62. The number of methoxy groups -OCH3 is 1. The molecule has 3 aliphatic carbocycles. The Morgan fingerprint density at radius 3 is 2.39 bits per heavy atom. The van der Waals surface area contributed by atoms with Crippen molar-refractivity contribution in [2.75, 3.05) is 52.0 Å². The zero-order chi connectivity index (χ0) is 41.3. The average molecular weight is 818 g/mol.